The molecule has 0 radical (unpaired) electrons. The first-order chi connectivity index (χ1) is 6.73. The van der Waals surface area contributed by atoms with E-state index in [0.29, 0.717) is 12.3 Å². The summed E-state index contributed by atoms with van der Waals surface area (Å²) < 4.78 is 0. The Labute approximate surface area is 92.4 Å². The first-order valence-electron chi connectivity index (χ1n) is 5.80. The minimum Gasteiger partial charge on any atom is -0.299 e. The third-order valence-electron chi connectivity index (χ3n) is 3.26. The van der Waals surface area contributed by atoms with Gasteiger partial charge in [0.1, 0.15) is 11.6 Å². The molecule has 0 aromatic heterocycles. The van der Waals surface area contributed by atoms with Crippen LogP contribution in [-0.4, -0.2) is 11.6 Å². The summed E-state index contributed by atoms with van der Waals surface area (Å²) in [5.41, 5.74) is -0.394. The first kappa shape index (κ1) is 12.4. The van der Waals surface area contributed by atoms with Crippen LogP contribution in [0.1, 0.15) is 47.5 Å². The lowest BCUT2D eigenvalue weighted by Crippen LogP contribution is -2.41. The lowest BCUT2D eigenvalue weighted by Gasteiger charge is -2.33. The Morgan fingerprint density at radius 1 is 1.27 bits per heavy atom. The number of carbonyl (C=O) groups excluding carboxylic acids is 2. The average Bonchev–Trinajstić information content (AvgIpc) is 1.99. The Morgan fingerprint density at radius 3 is 2.20 bits per heavy atom. The van der Waals surface area contributed by atoms with Crippen LogP contribution in [0.25, 0.3) is 0 Å². The molecule has 1 aliphatic carbocycles. The average molecular weight is 210 g/mol. The van der Waals surface area contributed by atoms with E-state index in [1.807, 2.05) is 27.7 Å². The van der Waals surface area contributed by atoms with Gasteiger partial charge in [-0.25, -0.2) is 0 Å². The highest BCUT2D eigenvalue weighted by Gasteiger charge is 2.41. The Bertz CT molecular complexity index is 273. The SMILES string of the molecule is CC1CC(=O)C(C(=O)C(C)(C)C)C(C)C1. The molecule has 0 amide bonds. The van der Waals surface area contributed by atoms with Crippen LogP contribution in [-0.2, 0) is 9.59 Å². The Kier molecular flexibility index (Phi) is 3.37. The summed E-state index contributed by atoms with van der Waals surface area (Å²) in [6.07, 6.45) is 1.58. The van der Waals surface area contributed by atoms with E-state index < -0.39 is 5.41 Å². The van der Waals surface area contributed by atoms with Crippen LogP contribution in [0.2, 0.25) is 0 Å². The minimum atomic E-state index is -0.394. The molecule has 1 fully saturated rings. The van der Waals surface area contributed by atoms with Gasteiger partial charge in [0.05, 0.1) is 5.92 Å². The van der Waals surface area contributed by atoms with E-state index in [4.69, 9.17) is 0 Å². The molecule has 0 aromatic carbocycles. The molecule has 1 aliphatic rings. The molecule has 3 atom stereocenters. The van der Waals surface area contributed by atoms with E-state index in [2.05, 4.69) is 6.92 Å². The maximum absolute atomic E-state index is 12.1. The van der Waals surface area contributed by atoms with Gasteiger partial charge < -0.3 is 0 Å². The second-order valence-corrected chi connectivity index (χ2v) is 6.08. The molecule has 3 unspecified atom stereocenters. The summed E-state index contributed by atoms with van der Waals surface area (Å²) in [5.74, 6) is 0.582. The number of Topliss-reactive ketones (excluding diaryl/α,β-unsaturated/α-hetero) is 2. The first-order valence-corrected chi connectivity index (χ1v) is 5.80. The van der Waals surface area contributed by atoms with Crippen LogP contribution in [0.5, 0.6) is 0 Å². The van der Waals surface area contributed by atoms with Gasteiger partial charge in [0, 0.05) is 11.8 Å². The van der Waals surface area contributed by atoms with Gasteiger partial charge in [-0.15, -0.1) is 0 Å². The lowest BCUT2D eigenvalue weighted by atomic mass is 9.68. The van der Waals surface area contributed by atoms with E-state index in [1.165, 1.54) is 0 Å². The zero-order chi connectivity index (χ0) is 11.8. The van der Waals surface area contributed by atoms with Crippen LogP contribution in [0, 0.1) is 23.2 Å². The van der Waals surface area contributed by atoms with Crippen molar-refractivity contribution >= 4 is 11.6 Å². The highest BCUT2D eigenvalue weighted by atomic mass is 16.2. The van der Waals surface area contributed by atoms with E-state index >= 15 is 0 Å². The van der Waals surface area contributed by atoms with Crippen molar-refractivity contribution in [2.24, 2.45) is 23.2 Å². The highest BCUT2D eigenvalue weighted by molar-refractivity contribution is 6.05. The van der Waals surface area contributed by atoms with Gasteiger partial charge in [-0.05, 0) is 18.3 Å². The van der Waals surface area contributed by atoms with Gasteiger partial charge in [0.2, 0.25) is 0 Å². The van der Waals surface area contributed by atoms with Crippen molar-refractivity contribution in [3.63, 3.8) is 0 Å². The molecule has 0 heterocycles. The zero-order valence-electron chi connectivity index (χ0n) is 10.5. The molecular formula is C13H22O2. The molecular weight excluding hydrogens is 188 g/mol. The number of hydrogen-bond donors (Lipinski definition) is 0. The smallest absolute Gasteiger partial charge is 0.148 e. The molecule has 0 aromatic rings. The van der Waals surface area contributed by atoms with Gasteiger partial charge in [-0.3, -0.25) is 9.59 Å². The van der Waals surface area contributed by atoms with Gasteiger partial charge in [-0.2, -0.15) is 0 Å². The fraction of sp³-hybridized carbons (Fsp3) is 0.846. The zero-order valence-corrected chi connectivity index (χ0v) is 10.5. The summed E-state index contributed by atoms with van der Waals surface area (Å²) in [5, 5.41) is 0. The third-order valence-corrected chi connectivity index (χ3v) is 3.26. The molecule has 0 bridgehead atoms. The van der Waals surface area contributed by atoms with Crippen LogP contribution in [0.4, 0.5) is 0 Å². The summed E-state index contributed by atoms with van der Waals surface area (Å²) in [6, 6.07) is 0. The van der Waals surface area contributed by atoms with Crippen molar-refractivity contribution in [1.82, 2.24) is 0 Å². The number of ketones is 2. The fourth-order valence-electron chi connectivity index (χ4n) is 2.51. The van der Waals surface area contributed by atoms with Crippen LogP contribution in [0.3, 0.4) is 0 Å². The van der Waals surface area contributed by atoms with Crippen molar-refractivity contribution in [3.05, 3.63) is 0 Å². The monoisotopic (exact) mass is 210 g/mol. The molecule has 0 N–H and O–H groups in total. The predicted octanol–water partition coefficient (Wildman–Crippen LogP) is 2.85. The molecule has 1 saturated carbocycles. The number of hydrogen-bond acceptors (Lipinski definition) is 2. The van der Waals surface area contributed by atoms with E-state index in [1.54, 1.807) is 0 Å². The summed E-state index contributed by atoms with van der Waals surface area (Å²) in [7, 11) is 0. The van der Waals surface area contributed by atoms with E-state index in [0.717, 1.165) is 6.42 Å². The van der Waals surface area contributed by atoms with Gasteiger partial charge in [0.25, 0.3) is 0 Å². The maximum Gasteiger partial charge on any atom is 0.148 e. The molecule has 0 aliphatic heterocycles. The molecule has 2 heteroatoms. The third kappa shape index (κ3) is 2.67. The quantitative estimate of drug-likeness (QED) is 0.624. The topological polar surface area (TPSA) is 34.1 Å². The maximum atomic E-state index is 12.1. The standard InChI is InChI=1S/C13H22O2/c1-8-6-9(2)11(10(14)7-8)12(15)13(3,4)5/h8-9,11H,6-7H2,1-5H3. The Hall–Kier alpha value is -0.660. The van der Waals surface area contributed by atoms with Crippen molar-refractivity contribution in [2.75, 3.05) is 0 Å². The molecule has 2 nitrogen and oxygen atoms in total. The largest absolute Gasteiger partial charge is 0.299 e. The van der Waals surface area contributed by atoms with Crippen LogP contribution < -0.4 is 0 Å². The molecule has 0 spiro atoms. The van der Waals surface area contributed by atoms with E-state index in [-0.39, 0.29) is 23.4 Å². The Morgan fingerprint density at radius 2 is 1.80 bits per heavy atom. The van der Waals surface area contributed by atoms with Crippen molar-refractivity contribution < 1.29 is 9.59 Å². The Balaban J connectivity index is 2.85. The van der Waals surface area contributed by atoms with Gasteiger partial charge in [0.15, 0.2) is 0 Å². The van der Waals surface area contributed by atoms with Crippen molar-refractivity contribution in [2.45, 2.75) is 47.5 Å². The van der Waals surface area contributed by atoms with E-state index in [9.17, 15) is 9.59 Å². The summed E-state index contributed by atoms with van der Waals surface area (Å²) >= 11 is 0. The summed E-state index contributed by atoms with van der Waals surface area (Å²) in [4.78, 5) is 24.0. The number of carbonyl (C=O) groups is 2. The fourth-order valence-corrected chi connectivity index (χ4v) is 2.51. The predicted molar refractivity (Wildman–Crippen MR) is 60.5 cm³/mol. The molecule has 86 valence electrons. The van der Waals surface area contributed by atoms with Crippen molar-refractivity contribution in [3.8, 4) is 0 Å². The molecule has 1 rings (SSSR count). The second kappa shape index (κ2) is 4.07. The van der Waals surface area contributed by atoms with Crippen LogP contribution >= 0.6 is 0 Å². The molecule has 15 heavy (non-hydrogen) atoms. The second-order valence-electron chi connectivity index (χ2n) is 6.08. The van der Waals surface area contributed by atoms with Crippen molar-refractivity contribution in [1.29, 1.82) is 0 Å². The number of rotatable bonds is 1. The lowest BCUT2D eigenvalue weighted by molar-refractivity contribution is -0.142. The molecule has 0 saturated heterocycles. The minimum absolute atomic E-state index is 0.118. The summed E-state index contributed by atoms with van der Waals surface area (Å²) in [6.45, 7) is 9.81. The van der Waals surface area contributed by atoms with Crippen LogP contribution in [0.15, 0.2) is 0 Å². The highest BCUT2D eigenvalue weighted by Crippen LogP contribution is 2.35. The normalized spacial score (nSPS) is 32.9. The van der Waals surface area contributed by atoms with Gasteiger partial charge in [-0.1, -0.05) is 34.6 Å². The van der Waals surface area contributed by atoms with Gasteiger partial charge >= 0.3 is 0 Å².